The summed E-state index contributed by atoms with van der Waals surface area (Å²) in [6, 6.07) is 17.7. The number of amidine groups is 1. The van der Waals surface area contributed by atoms with Crippen molar-refractivity contribution >= 4 is 16.9 Å². The van der Waals surface area contributed by atoms with Crippen molar-refractivity contribution in [3.63, 3.8) is 0 Å². The van der Waals surface area contributed by atoms with Gasteiger partial charge in [0.1, 0.15) is 6.10 Å². The Hall–Kier alpha value is -1.78. The van der Waals surface area contributed by atoms with Gasteiger partial charge in [0.2, 0.25) is 0 Å². The lowest BCUT2D eigenvalue weighted by Crippen LogP contribution is -2.20. The monoisotopic (exact) mass is 298 g/mol. The summed E-state index contributed by atoms with van der Waals surface area (Å²) < 4.78 is 0. The van der Waals surface area contributed by atoms with Crippen LogP contribution in [0.15, 0.2) is 59.6 Å². The molecular weight excluding hydrogens is 280 g/mol. The van der Waals surface area contributed by atoms with Crippen molar-refractivity contribution in [3.8, 4) is 0 Å². The van der Waals surface area contributed by atoms with Gasteiger partial charge < -0.3 is 10.8 Å². The van der Waals surface area contributed by atoms with E-state index in [1.165, 1.54) is 17.3 Å². The van der Waals surface area contributed by atoms with Gasteiger partial charge >= 0.3 is 0 Å². The van der Waals surface area contributed by atoms with Crippen molar-refractivity contribution < 1.29 is 5.11 Å². The standard InChI is InChI=1S/C17H18N2OS/c1-11-7-9-13(10-8-11)16-14(19-17(18)21-16)15(20)12-5-3-2-4-6-12/h2-10,14-16,20H,1H3,(H2,18,19)/t14-,15+,16+/m1/s1. The zero-order valence-corrected chi connectivity index (χ0v) is 12.6. The van der Waals surface area contributed by atoms with Crippen LogP contribution in [0.2, 0.25) is 0 Å². The van der Waals surface area contributed by atoms with Crippen molar-refractivity contribution in [2.75, 3.05) is 0 Å². The number of benzene rings is 2. The molecule has 2 aromatic rings. The van der Waals surface area contributed by atoms with Crippen LogP contribution >= 0.6 is 11.8 Å². The first-order chi connectivity index (χ1) is 10.1. The number of nitrogens with zero attached hydrogens (tertiary/aromatic N) is 1. The fourth-order valence-electron chi connectivity index (χ4n) is 2.55. The molecule has 0 radical (unpaired) electrons. The summed E-state index contributed by atoms with van der Waals surface area (Å²) in [4.78, 5) is 4.45. The Morgan fingerprint density at radius 3 is 2.43 bits per heavy atom. The largest absolute Gasteiger partial charge is 0.386 e. The van der Waals surface area contributed by atoms with Gasteiger partial charge in [-0.15, -0.1) is 0 Å². The summed E-state index contributed by atoms with van der Waals surface area (Å²) in [6.07, 6.45) is -0.647. The van der Waals surface area contributed by atoms with Gasteiger partial charge in [-0.05, 0) is 18.1 Å². The number of aryl methyl sites for hydroxylation is 1. The van der Waals surface area contributed by atoms with Gasteiger partial charge in [0.05, 0.1) is 11.3 Å². The van der Waals surface area contributed by atoms with Crippen LogP contribution in [0.3, 0.4) is 0 Å². The highest BCUT2D eigenvalue weighted by Crippen LogP contribution is 2.43. The Kier molecular flexibility index (Phi) is 3.99. The first-order valence-electron chi connectivity index (χ1n) is 6.94. The normalized spacial score (nSPS) is 22.9. The molecule has 2 aromatic carbocycles. The molecule has 0 spiro atoms. The smallest absolute Gasteiger partial charge is 0.155 e. The molecule has 0 aromatic heterocycles. The van der Waals surface area contributed by atoms with Crippen molar-refractivity contribution in [2.45, 2.75) is 24.3 Å². The number of thioether (sulfide) groups is 1. The summed E-state index contributed by atoms with van der Waals surface area (Å²) >= 11 is 1.52. The minimum Gasteiger partial charge on any atom is -0.386 e. The van der Waals surface area contributed by atoms with E-state index >= 15 is 0 Å². The van der Waals surface area contributed by atoms with E-state index in [0.29, 0.717) is 5.17 Å². The van der Waals surface area contributed by atoms with Gasteiger partial charge in [0.25, 0.3) is 0 Å². The van der Waals surface area contributed by atoms with Crippen LogP contribution in [0.1, 0.15) is 28.0 Å². The van der Waals surface area contributed by atoms with Crippen LogP contribution < -0.4 is 5.73 Å². The molecule has 1 aliphatic rings. The quantitative estimate of drug-likeness (QED) is 0.915. The van der Waals surface area contributed by atoms with Crippen LogP contribution in [0.4, 0.5) is 0 Å². The molecule has 4 heteroatoms. The number of hydrogen-bond donors (Lipinski definition) is 2. The number of nitrogens with two attached hydrogens (primary N) is 1. The third kappa shape index (κ3) is 2.96. The van der Waals surface area contributed by atoms with E-state index in [1.54, 1.807) is 0 Å². The topological polar surface area (TPSA) is 58.6 Å². The average molecular weight is 298 g/mol. The second-order valence-electron chi connectivity index (χ2n) is 5.26. The van der Waals surface area contributed by atoms with Gasteiger partial charge in [-0.3, -0.25) is 4.99 Å². The predicted molar refractivity (Wildman–Crippen MR) is 88.3 cm³/mol. The maximum absolute atomic E-state index is 10.6. The molecule has 0 fully saturated rings. The van der Waals surface area contributed by atoms with Gasteiger partial charge in [-0.25, -0.2) is 0 Å². The summed E-state index contributed by atoms with van der Waals surface area (Å²) in [6.45, 7) is 2.06. The molecule has 1 heterocycles. The molecule has 21 heavy (non-hydrogen) atoms. The fourth-order valence-corrected chi connectivity index (χ4v) is 3.63. The second-order valence-corrected chi connectivity index (χ2v) is 6.42. The SMILES string of the molecule is Cc1ccc([C@@H]2SC(N)=N[C@@H]2[C@@H](O)c2ccccc2)cc1. The van der Waals surface area contributed by atoms with E-state index in [0.717, 1.165) is 11.1 Å². The van der Waals surface area contributed by atoms with Gasteiger partial charge in [0, 0.05) is 0 Å². The van der Waals surface area contributed by atoms with E-state index in [4.69, 9.17) is 5.73 Å². The molecule has 0 unspecified atom stereocenters. The lowest BCUT2D eigenvalue weighted by Gasteiger charge is -2.23. The van der Waals surface area contributed by atoms with Gasteiger partial charge in [-0.2, -0.15) is 0 Å². The van der Waals surface area contributed by atoms with Crippen LogP contribution in [0.5, 0.6) is 0 Å². The molecule has 0 bridgehead atoms. The number of hydrogen-bond acceptors (Lipinski definition) is 4. The Bertz CT molecular complexity index is 640. The van der Waals surface area contributed by atoms with Gasteiger partial charge in [-0.1, -0.05) is 71.9 Å². The third-order valence-corrected chi connectivity index (χ3v) is 4.86. The van der Waals surface area contributed by atoms with E-state index in [1.807, 2.05) is 30.3 Å². The first-order valence-corrected chi connectivity index (χ1v) is 7.82. The highest BCUT2D eigenvalue weighted by atomic mass is 32.2. The Morgan fingerprint density at radius 1 is 1.10 bits per heavy atom. The predicted octanol–water partition coefficient (Wildman–Crippen LogP) is 3.20. The number of aliphatic hydroxyl groups excluding tert-OH is 1. The molecule has 1 aliphatic heterocycles. The van der Waals surface area contributed by atoms with Crippen LogP contribution in [0, 0.1) is 6.92 Å². The van der Waals surface area contributed by atoms with E-state index in [2.05, 4.69) is 36.2 Å². The molecule has 108 valence electrons. The highest BCUT2D eigenvalue weighted by Gasteiger charge is 2.36. The Morgan fingerprint density at radius 2 is 1.76 bits per heavy atom. The lowest BCUT2D eigenvalue weighted by molar-refractivity contribution is 0.147. The van der Waals surface area contributed by atoms with Crippen LogP contribution in [-0.2, 0) is 0 Å². The fraction of sp³-hybridized carbons (Fsp3) is 0.235. The van der Waals surface area contributed by atoms with Crippen molar-refractivity contribution in [1.29, 1.82) is 0 Å². The number of aliphatic imine (C=N–C) groups is 1. The van der Waals surface area contributed by atoms with Crippen molar-refractivity contribution in [3.05, 3.63) is 71.3 Å². The van der Waals surface area contributed by atoms with E-state index < -0.39 is 6.10 Å². The van der Waals surface area contributed by atoms with Gasteiger partial charge in [0.15, 0.2) is 5.17 Å². The molecule has 0 saturated heterocycles. The molecular formula is C17H18N2OS. The van der Waals surface area contributed by atoms with Crippen molar-refractivity contribution in [1.82, 2.24) is 0 Å². The zero-order valence-electron chi connectivity index (χ0n) is 11.8. The van der Waals surface area contributed by atoms with Crippen molar-refractivity contribution in [2.24, 2.45) is 10.7 Å². The Labute approximate surface area is 128 Å². The second kappa shape index (κ2) is 5.92. The zero-order chi connectivity index (χ0) is 14.8. The molecule has 3 rings (SSSR count). The Balaban J connectivity index is 1.90. The molecule has 0 aliphatic carbocycles. The maximum Gasteiger partial charge on any atom is 0.155 e. The molecule has 0 amide bonds. The number of rotatable bonds is 3. The van der Waals surface area contributed by atoms with Crippen LogP contribution in [-0.4, -0.2) is 16.3 Å². The summed E-state index contributed by atoms with van der Waals surface area (Å²) in [5.41, 5.74) is 9.14. The molecule has 3 nitrogen and oxygen atoms in total. The molecule has 3 N–H and O–H groups in total. The summed E-state index contributed by atoms with van der Waals surface area (Å²) in [5, 5.41) is 11.2. The highest BCUT2D eigenvalue weighted by molar-refractivity contribution is 8.14. The molecule has 3 atom stereocenters. The maximum atomic E-state index is 10.6. The molecule has 0 saturated carbocycles. The number of aliphatic hydroxyl groups is 1. The lowest BCUT2D eigenvalue weighted by atomic mass is 9.96. The van der Waals surface area contributed by atoms with Crippen LogP contribution in [0.25, 0.3) is 0 Å². The average Bonchev–Trinajstić information content (AvgIpc) is 2.90. The third-order valence-electron chi connectivity index (χ3n) is 3.70. The summed E-state index contributed by atoms with van der Waals surface area (Å²) in [7, 11) is 0. The van der Waals surface area contributed by atoms with E-state index in [-0.39, 0.29) is 11.3 Å². The summed E-state index contributed by atoms with van der Waals surface area (Å²) in [5.74, 6) is 0. The first kappa shape index (κ1) is 14.2. The minimum atomic E-state index is -0.647. The minimum absolute atomic E-state index is 0.0563. The van der Waals surface area contributed by atoms with E-state index in [9.17, 15) is 5.11 Å².